The SMILES string of the molecule is COC(=N)CC(O)C(C)(C)C. The molecule has 0 bridgehead atoms. The molecule has 0 aromatic rings. The van der Waals surface area contributed by atoms with Gasteiger partial charge in [0.15, 0.2) is 5.90 Å². The second kappa shape index (κ2) is 3.72. The standard InChI is InChI=1S/C8H17NO2/c1-8(2,3)6(10)5-7(9)11-4/h6,9-10H,5H2,1-4H3. The second-order valence-electron chi connectivity index (χ2n) is 3.71. The Morgan fingerprint density at radius 1 is 1.55 bits per heavy atom. The molecular formula is C8H17NO2. The van der Waals surface area contributed by atoms with E-state index in [0.717, 1.165) is 0 Å². The minimum absolute atomic E-state index is 0.132. The van der Waals surface area contributed by atoms with Crippen LogP contribution in [-0.4, -0.2) is 24.2 Å². The van der Waals surface area contributed by atoms with Gasteiger partial charge in [-0.05, 0) is 5.41 Å². The van der Waals surface area contributed by atoms with Crippen molar-refractivity contribution in [2.75, 3.05) is 7.11 Å². The minimum atomic E-state index is -0.505. The molecule has 0 aliphatic rings. The first-order valence-electron chi connectivity index (χ1n) is 3.67. The van der Waals surface area contributed by atoms with Crippen LogP contribution < -0.4 is 0 Å². The summed E-state index contributed by atoms with van der Waals surface area (Å²) in [5.41, 5.74) is -0.176. The summed E-state index contributed by atoms with van der Waals surface area (Å²) < 4.78 is 4.64. The molecular weight excluding hydrogens is 142 g/mol. The number of methoxy groups -OCH3 is 1. The Bertz CT molecular complexity index is 138. The van der Waals surface area contributed by atoms with E-state index in [1.54, 1.807) is 0 Å². The molecule has 2 N–H and O–H groups in total. The molecule has 0 fully saturated rings. The van der Waals surface area contributed by atoms with E-state index in [4.69, 9.17) is 5.41 Å². The molecule has 0 amide bonds. The summed E-state index contributed by atoms with van der Waals surface area (Å²) in [6.07, 6.45) is -0.213. The highest BCUT2D eigenvalue weighted by molar-refractivity contribution is 5.72. The van der Waals surface area contributed by atoms with Gasteiger partial charge in [0.1, 0.15) is 0 Å². The molecule has 0 heterocycles. The summed E-state index contributed by atoms with van der Waals surface area (Å²) in [6.45, 7) is 5.79. The number of rotatable bonds is 2. The van der Waals surface area contributed by atoms with Gasteiger partial charge >= 0.3 is 0 Å². The van der Waals surface area contributed by atoms with E-state index in [-0.39, 0.29) is 11.3 Å². The summed E-state index contributed by atoms with van der Waals surface area (Å²) in [5.74, 6) is 0.132. The van der Waals surface area contributed by atoms with E-state index in [2.05, 4.69) is 4.74 Å². The van der Waals surface area contributed by atoms with Gasteiger partial charge in [0.25, 0.3) is 0 Å². The quantitative estimate of drug-likeness (QED) is 0.472. The van der Waals surface area contributed by atoms with Crippen molar-refractivity contribution in [3.63, 3.8) is 0 Å². The number of ether oxygens (including phenoxy) is 1. The molecule has 3 heteroatoms. The Morgan fingerprint density at radius 3 is 2.27 bits per heavy atom. The van der Waals surface area contributed by atoms with Crippen LogP contribution in [0, 0.1) is 10.8 Å². The van der Waals surface area contributed by atoms with Gasteiger partial charge in [-0.15, -0.1) is 0 Å². The average molecular weight is 159 g/mol. The Labute approximate surface area is 67.9 Å². The predicted octanol–water partition coefficient (Wildman–Crippen LogP) is 1.41. The molecule has 66 valence electrons. The Kier molecular flexibility index (Phi) is 3.52. The van der Waals surface area contributed by atoms with Gasteiger partial charge in [-0.1, -0.05) is 20.8 Å². The van der Waals surface area contributed by atoms with Gasteiger partial charge in [0.05, 0.1) is 13.2 Å². The number of hydrogen-bond donors (Lipinski definition) is 2. The molecule has 11 heavy (non-hydrogen) atoms. The summed E-state index contributed by atoms with van der Waals surface area (Å²) in [4.78, 5) is 0. The van der Waals surface area contributed by atoms with Gasteiger partial charge in [0, 0.05) is 6.42 Å². The normalized spacial score (nSPS) is 14.3. The van der Waals surface area contributed by atoms with Crippen LogP contribution in [0.15, 0.2) is 0 Å². The van der Waals surface area contributed by atoms with E-state index < -0.39 is 6.10 Å². The molecule has 0 spiro atoms. The maximum absolute atomic E-state index is 9.47. The van der Waals surface area contributed by atoms with Crippen molar-refractivity contribution < 1.29 is 9.84 Å². The van der Waals surface area contributed by atoms with Crippen LogP contribution in [0.25, 0.3) is 0 Å². The molecule has 0 aliphatic carbocycles. The zero-order valence-electron chi connectivity index (χ0n) is 7.64. The van der Waals surface area contributed by atoms with Crippen LogP contribution in [0.4, 0.5) is 0 Å². The fourth-order valence-electron chi connectivity index (χ4n) is 0.565. The molecule has 1 unspecified atom stereocenters. The molecule has 1 atom stereocenters. The number of aliphatic hydroxyl groups is 1. The summed E-state index contributed by atoms with van der Waals surface area (Å²) in [6, 6.07) is 0. The fraction of sp³-hybridized carbons (Fsp3) is 0.875. The Morgan fingerprint density at radius 2 is 2.00 bits per heavy atom. The number of aliphatic hydroxyl groups excluding tert-OH is 1. The van der Waals surface area contributed by atoms with Crippen LogP contribution >= 0.6 is 0 Å². The molecule has 0 aromatic heterocycles. The third kappa shape index (κ3) is 3.98. The first-order chi connectivity index (χ1) is 4.88. The van der Waals surface area contributed by atoms with E-state index in [9.17, 15) is 5.11 Å². The monoisotopic (exact) mass is 159 g/mol. The van der Waals surface area contributed by atoms with Crippen molar-refractivity contribution in [1.29, 1.82) is 5.41 Å². The van der Waals surface area contributed by atoms with Crippen molar-refractivity contribution in [1.82, 2.24) is 0 Å². The lowest BCUT2D eigenvalue weighted by Crippen LogP contribution is -2.28. The molecule has 0 saturated carbocycles. The Hall–Kier alpha value is -0.570. The van der Waals surface area contributed by atoms with Crippen LogP contribution in [0.1, 0.15) is 27.2 Å². The lowest BCUT2D eigenvalue weighted by atomic mass is 9.87. The zero-order valence-corrected chi connectivity index (χ0v) is 7.64. The molecule has 0 aromatic carbocycles. The first-order valence-corrected chi connectivity index (χ1v) is 3.67. The largest absolute Gasteiger partial charge is 0.484 e. The van der Waals surface area contributed by atoms with Crippen molar-refractivity contribution in [2.45, 2.75) is 33.3 Å². The summed E-state index contributed by atoms with van der Waals surface area (Å²) in [5, 5.41) is 16.6. The highest BCUT2D eigenvalue weighted by Crippen LogP contribution is 2.21. The highest BCUT2D eigenvalue weighted by atomic mass is 16.5. The summed E-state index contributed by atoms with van der Waals surface area (Å²) in [7, 11) is 1.44. The van der Waals surface area contributed by atoms with E-state index in [1.165, 1.54) is 7.11 Å². The molecule has 0 rings (SSSR count). The third-order valence-corrected chi connectivity index (χ3v) is 1.62. The highest BCUT2D eigenvalue weighted by Gasteiger charge is 2.23. The van der Waals surface area contributed by atoms with Crippen molar-refractivity contribution in [3.05, 3.63) is 0 Å². The molecule has 0 radical (unpaired) electrons. The smallest absolute Gasteiger partial charge is 0.182 e. The summed E-state index contributed by atoms with van der Waals surface area (Å²) >= 11 is 0. The van der Waals surface area contributed by atoms with Crippen molar-refractivity contribution >= 4 is 5.90 Å². The molecule has 0 aliphatic heterocycles. The third-order valence-electron chi connectivity index (χ3n) is 1.62. The van der Waals surface area contributed by atoms with Crippen LogP contribution in [0.2, 0.25) is 0 Å². The number of nitrogens with one attached hydrogen (secondary N) is 1. The molecule has 3 nitrogen and oxygen atoms in total. The van der Waals surface area contributed by atoms with E-state index in [0.29, 0.717) is 6.42 Å². The Balaban J connectivity index is 3.87. The maximum atomic E-state index is 9.47. The fourth-order valence-corrected chi connectivity index (χ4v) is 0.565. The van der Waals surface area contributed by atoms with Gasteiger partial charge in [-0.2, -0.15) is 0 Å². The lowest BCUT2D eigenvalue weighted by molar-refractivity contribution is 0.0650. The van der Waals surface area contributed by atoms with E-state index >= 15 is 0 Å². The van der Waals surface area contributed by atoms with Gasteiger partial charge in [0.2, 0.25) is 0 Å². The van der Waals surface area contributed by atoms with Crippen LogP contribution in [0.5, 0.6) is 0 Å². The first kappa shape index (κ1) is 10.4. The maximum Gasteiger partial charge on any atom is 0.182 e. The minimum Gasteiger partial charge on any atom is -0.484 e. The number of hydrogen-bond acceptors (Lipinski definition) is 3. The van der Waals surface area contributed by atoms with Crippen LogP contribution in [-0.2, 0) is 4.74 Å². The van der Waals surface area contributed by atoms with Crippen LogP contribution in [0.3, 0.4) is 0 Å². The van der Waals surface area contributed by atoms with Crippen molar-refractivity contribution in [3.8, 4) is 0 Å². The van der Waals surface area contributed by atoms with E-state index in [1.807, 2.05) is 20.8 Å². The lowest BCUT2D eigenvalue weighted by Gasteiger charge is -2.25. The van der Waals surface area contributed by atoms with Crippen molar-refractivity contribution in [2.24, 2.45) is 5.41 Å². The topological polar surface area (TPSA) is 53.3 Å². The van der Waals surface area contributed by atoms with Gasteiger partial charge < -0.3 is 9.84 Å². The molecule has 0 saturated heterocycles. The average Bonchev–Trinajstić information content (AvgIpc) is 1.85. The van der Waals surface area contributed by atoms with Gasteiger partial charge in [-0.3, -0.25) is 5.41 Å². The predicted molar refractivity (Wildman–Crippen MR) is 44.8 cm³/mol. The second-order valence-corrected chi connectivity index (χ2v) is 3.71. The van der Waals surface area contributed by atoms with Gasteiger partial charge in [-0.25, -0.2) is 0 Å². The zero-order chi connectivity index (χ0) is 9.07.